The molecule has 1 aromatic heterocycles. The van der Waals surface area contributed by atoms with Gasteiger partial charge in [-0.3, -0.25) is 0 Å². The van der Waals surface area contributed by atoms with Gasteiger partial charge in [-0.1, -0.05) is 12.1 Å². The van der Waals surface area contributed by atoms with Crippen LogP contribution in [0, 0.1) is 11.3 Å². The molecule has 15 heavy (non-hydrogen) atoms. The third kappa shape index (κ3) is 1.83. The normalized spacial score (nSPS) is 9.60. The highest BCUT2D eigenvalue weighted by Crippen LogP contribution is 2.32. The van der Waals surface area contributed by atoms with E-state index in [2.05, 4.69) is 11.1 Å². The number of hydrogen-bond donors (Lipinski definition) is 0. The fourth-order valence-corrected chi connectivity index (χ4v) is 2.02. The van der Waals surface area contributed by atoms with Gasteiger partial charge >= 0.3 is 0 Å². The Morgan fingerprint density at radius 3 is 2.87 bits per heavy atom. The monoisotopic (exact) mass is 216 g/mol. The number of ether oxygens (including phenoxy) is 1. The molecule has 0 amide bonds. The number of nitrogens with zero attached hydrogens (tertiary/aromatic N) is 2. The lowest BCUT2D eigenvalue weighted by Gasteiger charge is -2.04. The molecule has 1 heterocycles. The summed E-state index contributed by atoms with van der Waals surface area (Å²) in [6.07, 6.45) is 1.58. The van der Waals surface area contributed by atoms with E-state index in [0.717, 1.165) is 16.3 Å². The summed E-state index contributed by atoms with van der Waals surface area (Å²) in [5, 5.41) is 9.52. The molecule has 0 fully saturated rings. The van der Waals surface area contributed by atoms with E-state index in [1.165, 1.54) is 11.3 Å². The number of nitriles is 1. The highest BCUT2D eigenvalue weighted by Gasteiger charge is 2.08. The van der Waals surface area contributed by atoms with Crippen molar-refractivity contribution in [3.05, 3.63) is 35.3 Å². The van der Waals surface area contributed by atoms with Crippen molar-refractivity contribution in [2.45, 2.75) is 0 Å². The van der Waals surface area contributed by atoms with E-state index in [1.54, 1.807) is 13.3 Å². The standard InChI is InChI=1S/C11H8N2OS/c1-14-10-5-3-2-4-9(10)11-13-7-8(6-12)15-11/h2-5,7H,1H3. The molecule has 0 radical (unpaired) electrons. The number of thiazole rings is 1. The van der Waals surface area contributed by atoms with E-state index in [1.807, 2.05) is 24.3 Å². The third-order valence-corrected chi connectivity index (χ3v) is 2.89. The predicted octanol–water partition coefficient (Wildman–Crippen LogP) is 2.69. The van der Waals surface area contributed by atoms with Gasteiger partial charge in [0.05, 0.1) is 18.9 Å². The molecule has 0 saturated heterocycles. The SMILES string of the molecule is COc1ccccc1-c1ncc(C#N)s1. The molecule has 3 nitrogen and oxygen atoms in total. The molecule has 0 N–H and O–H groups in total. The van der Waals surface area contributed by atoms with Gasteiger partial charge in [0.2, 0.25) is 0 Å². The van der Waals surface area contributed by atoms with Crippen LogP contribution in [0.25, 0.3) is 10.6 Å². The second-order valence-corrected chi connectivity index (χ2v) is 3.87. The lowest BCUT2D eigenvalue weighted by molar-refractivity contribution is 0.416. The maximum absolute atomic E-state index is 8.71. The zero-order valence-electron chi connectivity index (χ0n) is 8.10. The van der Waals surface area contributed by atoms with Crippen molar-refractivity contribution < 1.29 is 4.74 Å². The molecule has 0 saturated carbocycles. The molecule has 0 aliphatic rings. The van der Waals surface area contributed by atoms with E-state index in [9.17, 15) is 0 Å². The number of rotatable bonds is 2. The smallest absolute Gasteiger partial charge is 0.129 e. The average Bonchev–Trinajstić information content (AvgIpc) is 2.77. The molecule has 0 spiro atoms. The van der Waals surface area contributed by atoms with Crippen molar-refractivity contribution in [2.75, 3.05) is 7.11 Å². The van der Waals surface area contributed by atoms with Crippen molar-refractivity contribution in [3.63, 3.8) is 0 Å². The van der Waals surface area contributed by atoms with Crippen LogP contribution in [0.5, 0.6) is 5.75 Å². The molecule has 0 aliphatic carbocycles. The Balaban J connectivity index is 2.49. The first kappa shape index (κ1) is 9.69. The summed E-state index contributed by atoms with van der Waals surface area (Å²) in [5.74, 6) is 0.774. The van der Waals surface area contributed by atoms with E-state index < -0.39 is 0 Å². The number of para-hydroxylation sites is 1. The van der Waals surface area contributed by atoms with Gasteiger partial charge in [-0.25, -0.2) is 4.98 Å². The van der Waals surface area contributed by atoms with Crippen LogP contribution < -0.4 is 4.74 Å². The first-order valence-electron chi connectivity index (χ1n) is 4.34. The van der Waals surface area contributed by atoms with Gasteiger partial charge in [0.25, 0.3) is 0 Å². The highest BCUT2D eigenvalue weighted by atomic mass is 32.1. The van der Waals surface area contributed by atoms with Crippen LogP contribution in [0.4, 0.5) is 0 Å². The zero-order valence-corrected chi connectivity index (χ0v) is 8.91. The van der Waals surface area contributed by atoms with Crippen molar-refractivity contribution in [2.24, 2.45) is 0 Å². The molecule has 0 bridgehead atoms. The van der Waals surface area contributed by atoms with Gasteiger partial charge in [0.1, 0.15) is 21.7 Å². The summed E-state index contributed by atoms with van der Waals surface area (Å²) in [5.41, 5.74) is 0.923. The molecule has 74 valence electrons. The molecule has 2 rings (SSSR count). The van der Waals surface area contributed by atoms with Crippen LogP contribution in [-0.2, 0) is 0 Å². The maximum Gasteiger partial charge on any atom is 0.129 e. The minimum Gasteiger partial charge on any atom is -0.496 e. The summed E-state index contributed by atoms with van der Waals surface area (Å²) >= 11 is 1.36. The largest absolute Gasteiger partial charge is 0.496 e. The summed E-state index contributed by atoms with van der Waals surface area (Å²) in [4.78, 5) is 4.79. The van der Waals surface area contributed by atoms with Crippen LogP contribution in [-0.4, -0.2) is 12.1 Å². The number of methoxy groups -OCH3 is 1. The predicted molar refractivity (Wildman–Crippen MR) is 58.8 cm³/mol. The van der Waals surface area contributed by atoms with E-state index in [4.69, 9.17) is 10.00 Å². The molecular weight excluding hydrogens is 208 g/mol. The Morgan fingerprint density at radius 1 is 1.40 bits per heavy atom. The van der Waals surface area contributed by atoms with E-state index >= 15 is 0 Å². The van der Waals surface area contributed by atoms with E-state index in [-0.39, 0.29) is 0 Å². The molecule has 0 aliphatic heterocycles. The average molecular weight is 216 g/mol. The Morgan fingerprint density at radius 2 is 2.20 bits per heavy atom. The van der Waals surface area contributed by atoms with Crippen LogP contribution in [0.15, 0.2) is 30.5 Å². The van der Waals surface area contributed by atoms with Gasteiger partial charge in [-0.2, -0.15) is 5.26 Å². The number of benzene rings is 1. The van der Waals surface area contributed by atoms with Crippen molar-refractivity contribution >= 4 is 11.3 Å². The Hall–Kier alpha value is -1.86. The number of hydrogen-bond acceptors (Lipinski definition) is 4. The Kier molecular flexibility index (Phi) is 2.66. The minimum absolute atomic E-state index is 0.607. The molecule has 0 atom stereocenters. The van der Waals surface area contributed by atoms with Crippen LogP contribution >= 0.6 is 11.3 Å². The Bertz CT molecular complexity index is 513. The second-order valence-electron chi connectivity index (χ2n) is 2.84. The van der Waals surface area contributed by atoms with Crippen molar-refractivity contribution in [1.82, 2.24) is 4.98 Å². The fourth-order valence-electron chi connectivity index (χ4n) is 1.27. The quantitative estimate of drug-likeness (QED) is 0.775. The van der Waals surface area contributed by atoms with Crippen LogP contribution in [0.1, 0.15) is 4.88 Å². The molecule has 2 aromatic rings. The first-order chi connectivity index (χ1) is 7.35. The summed E-state index contributed by atoms with van der Waals surface area (Å²) in [6.45, 7) is 0. The maximum atomic E-state index is 8.71. The molecule has 4 heteroatoms. The van der Waals surface area contributed by atoms with Gasteiger partial charge in [-0.05, 0) is 12.1 Å². The topological polar surface area (TPSA) is 45.9 Å². The lowest BCUT2D eigenvalue weighted by Crippen LogP contribution is -1.85. The molecular formula is C11H8N2OS. The van der Waals surface area contributed by atoms with Crippen molar-refractivity contribution in [3.8, 4) is 22.4 Å². The highest BCUT2D eigenvalue weighted by molar-refractivity contribution is 7.15. The fraction of sp³-hybridized carbons (Fsp3) is 0.0909. The van der Waals surface area contributed by atoms with Crippen LogP contribution in [0.2, 0.25) is 0 Å². The van der Waals surface area contributed by atoms with Gasteiger partial charge < -0.3 is 4.74 Å². The number of aromatic nitrogens is 1. The summed E-state index contributed by atoms with van der Waals surface area (Å²) in [6, 6.07) is 9.70. The van der Waals surface area contributed by atoms with Gasteiger partial charge in [0, 0.05) is 0 Å². The van der Waals surface area contributed by atoms with Gasteiger partial charge in [-0.15, -0.1) is 11.3 Å². The zero-order chi connectivity index (χ0) is 10.7. The van der Waals surface area contributed by atoms with Gasteiger partial charge in [0.15, 0.2) is 0 Å². The third-order valence-electron chi connectivity index (χ3n) is 1.95. The van der Waals surface area contributed by atoms with Crippen LogP contribution in [0.3, 0.4) is 0 Å². The lowest BCUT2D eigenvalue weighted by atomic mass is 10.2. The Labute approximate surface area is 91.6 Å². The summed E-state index contributed by atoms with van der Waals surface area (Å²) < 4.78 is 5.23. The van der Waals surface area contributed by atoms with E-state index in [0.29, 0.717) is 4.88 Å². The first-order valence-corrected chi connectivity index (χ1v) is 5.16. The molecule has 0 unspecified atom stereocenters. The second kappa shape index (κ2) is 4.11. The minimum atomic E-state index is 0.607. The van der Waals surface area contributed by atoms with Crippen molar-refractivity contribution in [1.29, 1.82) is 5.26 Å². The summed E-state index contributed by atoms with van der Waals surface area (Å²) in [7, 11) is 1.62. The molecule has 1 aromatic carbocycles.